The fraction of sp³-hybridized carbons (Fsp3) is 1.00. The minimum absolute atomic E-state index is 0.183. The molecule has 0 spiro atoms. The van der Waals surface area contributed by atoms with Crippen molar-refractivity contribution in [1.29, 1.82) is 0 Å². The van der Waals surface area contributed by atoms with E-state index in [1.54, 1.807) is 0 Å². The SMILES string of the molecule is CCSCCC1(CBr)CCCO1. The maximum Gasteiger partial charge on any atom is 0.0787 e. The van der Waals surface area contributed by atoms with Gasteiger partial charge in [0, 0.05) is 11.9 Å². The fourth-order valence-electron chi connectivity index (χ4n) is 1.53. The zero-order valence-corrected chi connectivity index (χ0v) is 10.0. The van der Waals surface area contributed by atoms with Gasteiger partial charge in [0.25, 0.3) is 0 Å². The topological polar surface area (TPSA) is 9.23 Å². The molecule has 0 saturated carbocycles. The van der Waals surface area contributed by atoms with Crippen molar-refractivity contribution in [2.75, 3.05) is 23.4 Å². The standard InChI is InChI=1S/C9H17BrOS/c1-2-12-7-5-9(8-10)4-3-6-11-9/h2-8H2,1H3. The van der Waals surface area contributed by atoms with E-state index in [1.165, 1.54) is 30.8 Å². The van der Waals surface area contributed by atoms with Gasteiger partial charge >= 0.3 is 0 Å². The predicted molar refractivity (Wildman–Crippen MR) is 59.3 cm³/mol. The third-order valence-corrected chi connectivity index (χ3v) is 4.26. The number of thioether (sulfide) groups is 1. The number of hydrogen-bond acceptors (Lipinski definition) is 2. The molecule has 1 saturated heterocycles. The lowest BCUT2D eigenvalue weighted by atomic mass is 10.00. The molecule has 1 aliphatic heterocycles. The minimum atomic E-state index is 0.183. The van der Waals surface area contributed by atoms with Gasteiger partial charge in [-0.15, -0.1) is 0 Å². The minimum Gasteiger partial charge on any atom is -0.374 e. The Morgan fingerprint density at radius 2 is 2.42 bits per heavy atom. The molecule has 0 amide bonds. The Morgan fingerprint density at radius 1 is 1.58 bits per heavy atom. The van der Waals surface area contributed by atoms with Crippen LogP contribution in [0.15, 0.2) is 0 Å². The van der Waals surface area contributed by atoms with E-state index in [1.807, 2.05) is 11.8 Å². The summed E-state index contributed by atoms with van der Waals surface area (Å²) in [5, 5.41) is 1.00. The number of halogens is 1. The Kier molecular flexibility index (Phi) is 4.99. The van der Waals surface area contributed by atoms with Gasteiger partial charge in [-0.2, -0.15) is 11.8 Å². The molecular weight excluding hydrogens is 236 g/mol. The van der Waals surface area contributed by atoms with Gasteiger partial charge in [0.05, 0.1) is 5.60 Å². The van der Waals surface area contributed by atoms with Crippen LogP contribution in [0.5, 0.6) is 0 Å². The van der Waals surface area contributed by atoms with Crippen LogP contribution in [0.25, 0.3) is 0 Å². The molecule has 0 aromatic rings. The van der Waals surface area contributed by atoms with Gasteiger partial charge < -0.3 is 4.74 Å². The third kappa shape index (κ3) is 2.93. The summed E-state index contributed by atoms with van der Waals surface area (Å²) in [5.41, 5.74) is 0.183. The third-order valence-electron chi connectivity index (χ3n) is 2.33. The molecule has 0 N–H and O–H groups in total. The van der Waals surface area contributed by atoms with Gasteiger partial charge in [-0.3, -0.25) is 0 Å². The molecule has 0 radical (unpaired) electrons. The van der Waals surface area contributed by atoms with Crippen molar-refractivity contribution in [3.8, 4) is 0 Å². The van der Waals surface area contributed by atoms with Crippen molar-refractivity contribution in [3.05, 3.63) is 0 Å². The van der Waals surface area contributed by atoms with Crippen molar-refractivity contribution in [1.82, 2.24) is 0 Å². The largest absolute Gasteiger partial charge is 0.374 e. The first kappa shape index (κ1) is 10.9. The number of rotatable bonds is 5. The highest BCUT2D eigenvalue weighted by molar-refractivity contribution is 9.09. The molecule has 0 aliphatic carbocycles. The predicted octanol–water partition coefficient (Wildman–Crippen LogP) is 3.07. The maximum absolute atomic E-state index is 5.78. The molecule has 1 rings (SSSR count). The highest BCUT2D eigenvalue weighted by Gasteiger charge is 2.33. The zero-order chi connectivity index (χ0) is 8.86. The summed E-state index contributed by atoms with van der Waals surface area (Å²) >= 11 is 5.56. The molecule has 1 fully saturated rings. The molecule has 1 heterocycles. The van der Waals surface area contributed by atoms with Crippen LogP contribution in [-0.2, 0) is 4.74 Å². The normalized spacial score (nSPS) is 29.5. The Balaban J connectivity index is 2.24. The first-order valence-corrected chi connectivity index (χ1v) is 6.88. The molecule has 72 valence electrons. The summed E-state index contributed by atoms with van der Waals surface area (Å²) in [7, 11) is 0. The van der Waals surface area contributed by atoms with Crippen LogP contribution in [0.2, 0.25) is 0 Å². The second kappa shape index (κ2) is 5.51. The van der Waals surface area contributed by atoms with E-state index in [4.69, 9.17) is 4.74 Å². The molecule has 3 heteroatoms. The van der Waals surface area contributed by atoms with Gasteiger partial charge in [0.1, 0.15) is 0 Å². The Bertz CT molecular complexity index is 124. The molecule has 1 atom stereocenters. The molecule has 0 bridgehead atoms. The monoisotopic (exact) mass is 252 g/mol. The van der Waals surface area contributed by atoms with Crippen LogP contribution < -0.4 is 0 Å². The lowest BCUT2D eigenvalue weighted by Crippen LogP contribution is -2.30. The molecule has 12 heavy (non-hydrogen) atoms. The van der Waals surface area contributed by atoms with Gasteiger partial charge in [-0.05, 0) is 30.8 Å². The van der Waals surface area contributed by atoms with E-state index in [0.717, 1.165) is 11.9 Å². The van der Waals surface area contributed by atoms with Gasteiger partial charge in [-0.25, -0.2) is 0 Å². The highest BCUT2D eigenvalue weighted by atomic mass is 79.9. The summed E-state index contributed by atoms with van der Waals surface area (Å²) in [6.07, 6.45) is 3.68. The first-order chi connectivity index (χ1) is 5.83. The average Bonchev–Trinajstić information content (AvgIpc) is 2.55. The van der Waals surface area contributed by atoms with Gasteiger partial charge in [-0.1, -0.05) is 22.9 Å². The highest BCUT2D eigenvalue weighted by Crippen LogP contribution is 2.31. The van der Waals surface area contributed by atoms with E-state index in [9.17, 15) is 0 Å². The van der Waals surface area contributed by atoms with Crippen molar-refractivity contribution in [2.24, 2.45) is 0 Å². The van der Waals surface area contributed by atoms with E-state index in [2.05, 4.69) is 22.9 Å². The molecule has 0 aromatic heterocycles. The summed E-state index contributed by atoms with van der Waals surface area (Å²) in [6.45, 7) is 3.17. The lowest BCUT2D eigenvalue weighted by molar-refractivity contribution is 0.0235. The molecular formula is C9H17BrOS. The van der Waals surface area contributed by atoms with E-state index >= 15 is 0 Å². The van der Waals surface area contributed by atoms with Gasteiger partial charge in [0.2, 0.25) is 0 Å². The second-order valence-electron chi connectivity index (χ2n) is 3.22. The van der Waals surface area contributed by atoms with Gasteiger partial charge in [0.15, 0.2) is 0 Å². The van der Waals surface area contributed by atoms with Crippen LogP contribution >= 0.6 is 27.7 Å². The smallest absolute Gasteiger partial charge is 0.0787 e. The summed E-state index contributed by atoms with van der Waals surface area (Å²) < 4.78 is 5.78. The molecule has 1 aliphatic rings. The summed E-state index contributed by atoms with van der Waals surface area (Å²) in [5.74, 6) is 2.46. The van der Waals surface area contributed by atoms with Crippen LogP contribution in [0.3, 0.4) is 0 Å². The number of alkyl halides is 1. The van der Waals surface area contributed by atoms with E-state index in [-0.39, 0.29) is 5.60 Å². The summed E-state index contributed by atoms with van der Waals surface area (Å²) in [4.78, 5) is 0. The quantitative estimate of drug-likeness (QED) is 0.550. The van der Waals surface area contributed by atoms with E-state index < -0.39 is 0 Å². The van der Waals surface area contributed by atoms with Crippen molar-refractivity contribution in [2.45, 2.75) is 31.8 Å². The summed E-state index contributed by atoms with van der Waals surface area (Å²) in [6, 6.07) is 0. The number of hydrogen-bond donors (Lipinski definition) is 0. The molecule has 1 nitrogen and oxygen atoms in total. The van der Waals surface area contributed by atoms with Crippen LogP contribution in [-0.4, -0.2) is 29.0 Å². The van der Waals surface area contributed by atoms with Crippen LogP contribution in [0.4, 0.5) is 0 Å². The van der Waals surface area contributed by atoms with Crippen molar-refractivity contribution >= 4 is 27.7 Å². The first-order valence-electron chi connectivity index (χ1n) is 4.61. The molecule has 0 aromatic carbocycles. The number of ether oxygens (including phenoxy) is 1. The Labute approximate surface area is 87.8 Å². The average molecular weight is 253 g/mol. The van der Waals surface area contributed by atoms with Crippen LogP contribution in [0, 0.1) is 0 Å². The Hall–Kier alpha value is 0.790. The molecule has 1 unspecified atom stereocenters. The van der Waals surface area contributed by atoms with Crippen LogP contribution in [0.1, 0.15) is 26.2 Å². The van der Waals surface area contributed by atoms with Crippen molar-refractivity contribution in [3.63, 3.8) is 0 Å². The zero-order valence-electron chi connectivity index (χ0n) is 7.64. The second-order valence-corrected chi connectivity index (χ2v) is 5.17. The Morgan fingerprint density at radius 3 is 2.92 bits per heavy atom. The van der Waals surface area contributed by atoms with Crippen molar-refractivity contribution < 1.29 is 4.74 Å². The van der Waals surface area contributed by atoms with E-state index in [0.29, 0.717) is 0 Å². The maximum atomic E-state index is 5.78. The lowest BCUT2D eigenvalue weighted by Gasteiger charge is -2.25. The fourth-order valence-corrected chi connectivity index (χ4v) is 3.05.